The average Bonchev–Trinajstić information content (AvgIpc) is 1.66. The summed E-state index contributed by atoms with van der Waals surface area (Å²) in [7, 11) is -3.13. The lowest BCUT2D eigenvalue weighted by atomic mass is 10.5. The molecule has 0 atom stereocenters. The topological polar surface area (TPSA) is 57.5 Å². The van der Waals surface area contributed by atoms with Crippen LogP contribution in [0.2, 0.25) is 0 Å². The number of hydrogen-bond donors (Lipinski definition) is 2. The first kappa shape index (κ1) is 11.9. The van der Waals surface area contributed by atoms with E-state index in [0.717, 1.165) is 6.42 Å². The van der Waals surface area contributed by atoms with Gasteiger partial charge in [0.1, 0.15) is 0 Å². The lowest BCUT2D eigenvalue weighted by Gasteiger charge is -1.70. The molecule has 0 saturated carbocycles. The quantitative estimate of drug-likeness (QED) is 0.373. The Balaban J connectivity index is 0. The molecule has 0 bridgehead atoms. The van der Waals surface area contributed by atoms with Crippen LogP contribution in [-0.2, 0) is 4.57 Å². The Bertz CT molecular complexity index is 81.9. The van der Waals surface area contributed by atoms with E-state index in [0.29, 0.717) is 5.88 Å². The van der Waals surface area contributed by atoms with Gasteiger partial charge in [-0.3, -0.25) is 4.57 Å². The molecular weight excluding hydrogens is 162 g/mol. The van der Waals surface area contributed by atoms with Crippen molar-refractivity contribution >= 4 is 19.9 Å². The molecule has 9 heavy (non-hydrogen) atoms. The normalized spacial score (nSPS) is 8.00. The summed E-state index contributed by atoms with van der Waals surface area (Å²) in [4.78, 5) is 14.3. The molecule has 0 radical (unpaired) electrons. The summed E-state index contributed by atoms with van der Waals surface area (Å²) in [6.07, 6.45) is 2.72. The zero-order chi connectivity index (χ0) is 7.70. The van der Waals surface area contributed by atoms with E-state index in [1.54, 1.807) is 6.08 Å². The fraction of sp³-hybridized carbons (Fsp3) is 0.500. The highest BCUT2D eigenvalue weighted by atomic mass is 35.5. The lowest BCUT2D eigenvalue weighted by Crippen LogP contribution is -1.59. The van der Waals surface area contributed by atoms with Gasteiger partial charge in [-0.25, -0.2) is 0 Å². The smallest absolute Gasteiger partial charge is 0.314 e. The Morgan fingerprint density at radius 3 is 2.00 bits per heavy atom. The maximum absolute atomic E-state index is 8.74. The summed E-state index contributed by atoms with van der Waals surface area (Å²) in [5.74, 6) is 0.698. The van der Waals surface area contributed by atoms with Crippen LogP contribution in [0.15, 0.2) is 12.7 Å². The lowest BCUT2D eigenvalue weighted by molar-refractivity contribution is 0.405. The van der Waals surface area contributed by atoms with Gasteiger partial charge in [-0.15, -0.1) is 18.2 Å². The van der Waals surface area contributed by atoms with Crippen LogP contribution in [0.1, 0.15) is 6.42 Å². The monoisotopic (exact) mass is 172 g/mol. The van der Waals surface area contributed by atoms with Crippen LogP contribution in [0.4, 0.5) is 0 Å². The van der Waals surface area contributed by atoms with Crippen molar-refractivity contribution in [1.29, 1.82) is 0 Å². The Hall–Kier alpha value is 0.180. The Morgan fingerprint density at radius 2 is 2.00 bits per heavy atom. The zero-order valence-electron chi connectivity index (χ0n) is 4.88. The molecule has 0 rings (SSSR count). The van der Waals surface area contributed by atoms with E-state index in [-0.39, 0.29) is 0 Å². The maximum Gasteiger partial charge on any atom is 0.314 e. The largest absolute Gasteiger partial charge is 0.326 e. The van der Waals surface area contributed by atoms with Crippen molar-refractivity contribution in [3.8, 4) is 0 Å². The predicted molar refractivity (Wildman–Crippen MR) is 39.0 cm³/mol. The summed E-state index contributed by atoms with van der Waals surface area (Å²) in [6.45, 7) is 3.47. The van der Waals surface area contributed by atoms with Gasteiger partial charge in [-0.05, 0) is 6.42 Å². The van der Waals surface area contributed by atoms with Crippen LogP contribution in [0, 0.1) is 0 Å². The molecule has 0 aromatic heterocycles. The highest BCUT2D eigenvalue weighted by Gasteiger charge is 1.64. The molecule has 0 amide bonds. The summed E-state index contributed by atoms with van der Waals surface area (Å²) >= 11 is 5.23. The average molecular weight is 173 g/mol. The molecule has 56 valence electrons. The fourth-order valence-corrected chi connectivity index (χ4v) is 0.231. The zero-order valence-corrected chi connectivity index (χ0v) is 6.64. The standard InChI is InChI=1S/C4H7Cl.H3O3P/c1-2-3-4-5;1-4(2)3/h2H,1,3-4H2;4H,(H2,1,2,3). The first-order chi connectivity index (χ1) is 4.15. The maximum atomic E-state index is 8.74. The van der Waals surface area contributed by atoms with Gasteiger partial charge in [-0.2, -0.15) is 0 Å². The molecule has 0 aliphatic carbocycles. The highest BCUT2D eigenvalue weighted by Crippen LogP contribution is 1.98. The van der Waals surface area contributed by atoms with E-state index in [1.807, 2.05) is 0 Å². The van der Waals surface area contributed by atoms with E-state index in [9.17, 15) is 0 Å². The molecule has 0 saturated heterocycles. The number of allylic oxidation sites excluding steroid dienone is 1. The van der Waals surface area contributed by atoms with Crippen molar-refractivity contribution in [3.63, 3.8) is 0 Å². The minimum Gasteiger partial charge on any atom is -0.326 e. The summed E-state index contributed by atoms with van der Waals surface area (Å²) in [5, 5.41) is 0. The van der Waals surface area contributed by atoms with E-state index >= 15 is 0 Å². The van der Waals surface area contributed by atoms with Gasteiger partial charge >= 0.3 is 8.25 Å². The van der Waals surface area contributed by atoms with Crippen molar-refractivity contribution in [2.75, 3.05) is 5.88 Å². The Morgan fingerprint density at radius 1 is 1.67 bits per heavy atom. The molecule has 2 N–H and O–H groups in total. The van der Waals surface area contributed by atoms with Crippen LogP contribution in [0.3, 0.4) is 0 Å². The van der Waals surface area contributed by atoms with Crippen molar-refractivity contribution in [3.05, 3.63) is 12.7 Å². The Kier molecular flexibility index (Phi) is 14.6. The molecule has 5 heteroatoms. The SMILES string of the molecule is C=CCCCl.O=[PH](O)O. The number of hydrogen-bond acceptors (Lipinski definition) is 1. The number of halogens is 1. The van der Waals surface area contributed by atoms with E-state index < -0.39 is 8.25 Å². The second-order valence-corrected chi connectivity index (χ2v) is 1.99. The van der Waals surface area contributed by atoms with Crippen molar-refractivity contribution < 1.29 is 14.4 Å². The summed E-state index contributed by atoms with van der Waals surface area (Å²) in [5.41, 5.74) is 0. The number of alkyl halides is 1. The molecule has 3 nitrogen and oxygen atoms in total. The Labute approximate surface area is 59.9 Å². The molecule has 0 aromatic carbocycles. The molecule has 0 aliphatic rings. The third-order valence-corrected chi connectivity index (χ3v) is 0.531. The molecule has 0 unspecified atom stereocenters. The van der Waals surface area contributed by atoms with Gasteiger partial charge in [0.25, 0.3) is 0 Å². The van der Waals surface area contributed by atoms with Crippen LogP contribution in [-0.4, -0.2) is 15.7 Å². The van der Waals surface area contributed by atoms with E-state index in [2.05, 4.69) is 6.58 Å². The predicted octanol–water partition coefficient (Wildman–Crippen LogP) is 1.16. The van der Waals surface area contributed by atoms with Gasteiger partial charge in [0, 0.05) is 5.88 Å². The molecule has 0 aliphatic heterocycles. The summed E-state index contributed by atoms with van der Waals surface area (Å²) in [6, 6.07) is 0. The summed E-state index contributed by atoms with van der Waals surface area (Å²) < 4.78 is 8.74. The van der Waals surface area contributed by atoms with Gasteiger partial charge in [-0.1, -0.05) is 6.08 Å². The second-order valence-electron chi connectivity index (χ2n) is 1.05. The minimum atomic E-state index is -3.13. The van der Waals surface area contributed by atoms with Crippen LogP contribution < -0.4 is 0 Å². The van der Waals surface area contributed by atoms with Gasteiger partial charge in [0.15, 0.2) is 0 Å². The minimum absolute atomic E-state index is 0.698. The van der Waals surface area contributed by atoms with Crippen molar-refractivity contribution in [2.45, 2.75) is 6.42 Å². The van der Waals surface area contributed by atoms with E-state index in [4.69, 9.17) is 26.0 Å². The first-order valence-corrected chi connectivity index (χ1v) is 4.07. The molecule has 0 fully saturated rings. The third-order valence-electron chi connectivity index (χ3n) is 0.313. The van der Waals surface area contributed by atoms with Crippen molar-refractivity contribution in [2.24, 2.45) is 0 Å². The van der Waals surface area contributed by atoms with E-state index in [1.165, 1.54) is 0 Å². The fourth-order valence-electron chi connectivity index (χ4n) is 0.0772. The second kappa shape index (κ2) is 11.0. The molecular formula is C4H10ClO3P. The highest BCUT2D eigenvalue weighted by molar-refractivity contribution is 7.30. The van der Waals surface area contributed by atoms with Crippen molar-refractivity contribution in [1.82, 2.24) is 0 Å². The van der Waals surface area contributed by atoms with Gasteiger partial charge in [0.05, 0.1) is 0 Å². The first-order valence-electron chi connectivity index (χ1n) is 2.24. The molecule has 0 aromatic rings. The van der Waals surface area contributed by atoms with Crippen LogP contribution in [0.5, 0.6) is 0 Å². The molecule has 0 spiro atoms. The van der Waals surface area contributed by atoms with Crippen LogP contribution in [0.25, 0.3) is 0 Å². The number of rotatable bonds is 2. The molecule has 0 heterocycles. The van der Waals surface area contributed by atoms with Gasteiger partial charge < -0.3 is 9.79 Å². The van der Waals surface area contributed by atoms with Gasteiger partial charge in [0.2, 0.25) is 0 Å². The third kappa shape index (κ3) is 65.7. The van der Waals surface area contributed by atoms with Crippen LogP contribution >= 0.6 is 19.9 Å².